The molecule has 0 aromatic carbocycles. The second kappa shape index (κ2) is 7.44. The molecule has 7 heteroatoms. The monoisotopic (exact) mass is 339 g/mol. The summed E-state index contributed by atoms with van der Waals surface area (Å²) in [5.41, 5.74) is 4.80. The molecule has 3 atom stereocenters. The fourth-order valence-electron chi connectivity index (χ4n) is 2.99. The van der Waals surface area contributed by atoms with Crippen LogP contribution in [0, 0.1) is 0 Å². The van der Waals surface area contributed by atoms with E-state index >= 15 is 0 Å². The predicted octanol–water partition coefficient (Wildman–Crippen LogP) is 1.55. The minimum Gasteiger partial charge on any atom is -0.393 e. The molecule has 5 N–H and O–H groups in total. The van der Waals surface area contributed by atoms with Crippen LogP contribution in [0.25, 0.3) is 0 Å². The maximum atomic E-state index is 14.2. The molecule has 1 fully saturated rings. The second-order valence-corrected chi connectivity index (χ2v) is 7.03. The Morgan fingerprint density at radius 1 is 1.54 bits per heavy atom. The Balaban J connectivity index is 2.25. The van der Waals surface area contributed by atoms with Gasteiger partial charge in [0.1, 0.15) is 6.17 Å². The molecule has 134 valence electrons. The van der Waals surface area contributed by atoms with E-state index in [0.717, 1.165) is 19.3 Å². The fraction of sp³-hybridized carbons (Fsp3) is 0.647. The summed E-state index contributed by atoms with van der Waals surface area (Å²) in [5.74, 6) is -0.695. The number of amides is 1. The molecule has 0 radical (unpaired) electrons. The molecule has 1 amide bonds. The minimum absolute atomic E-state index is 0.0255. The van der Waals surface area contributed by atoms with E-state index in [-0.39, 0.29) is 29.8 Å². The topological polar surface area (TPSA) is 108 Å². The quantitative estimate of drug-likeness (QED) is 0.629. The summed E-state index contributed by atoms with van der Waals surface area (Å²) in [4.78, 5) is 16.0. The number of aliphatic hydroxyl groups excluding tert-OH is 1. The number of rotatable bonds is 6. The number of pyridine rings is 1. The van der Waals surface area contributed by atoms with Gasteiger partial charge in [-0.05, 0) is 45.6 Å². The first-order valence-electron chi connectivity index (χ1n) is 8.27. The van der Waals surface area contributed by atoms with Crippen LogP contribution in [-0.4, -0.2) is 45.0 Å². The molecule has 1 aliphatic carbocycles. The Labute approximate surface area is 141 Å². The number of carbonyl (C=O) groups excluding carboxylic acids is 1. The van der Waals surface area contributed by atoms with E-state index in [1.807, 2.05) is 0 Å². The molecular formula is C17H26FN3O3. The van der Waals surface area contributed by atoms with Gasteiger partial charge in [0.2, 0.25) is 0 Å². The van der Waals surface area contributed by atoms with Crippen LogP contribution in [0.3, 0.4) is 0 Å². The third-order valence-corrected chi connectivity index (χ3v) is 4.42. The number of hydrogen-bond acceptors (Lipinski definition) is 5. The van der Waals surface area contributed by atoms with Crippen LogP contribution >= 0.6 is 0 Å². The number of halogens is 1. The van der Waals surface area contributed by atoms with Crippen molar-refractivity contribution in [2.24, 2.45) is 5.73 Å². The van der Waals surface area contributed by atoms with Gasteiger partial charge in [-0.3, -0.25) is 9.78 Å². The van der Waals surface area contributed by atoms with E-state index in [9.17, 15) is 19.4 Å². The van der Waals surface area contributed by atoms with Gasteiger partial charge in [0.25, 0.3) is 5.91 Å². The Bertz CT molecular complexity index is 589. The summed E-state index contributed by atoms with van der Waals surface area (Å²) >= 11 is 0. The summed E-state index contributed by atoms with van der Waals surface area (Å²) in [6, 6.07) is 1.65. The van der Waals surface area contributed by atoms with Crippen molar-refractivity contribution < 1.29 is 19.4 Å². The summed E-state index contributed by atoms with van der Waals surface area (Å²) in [6.45, 7) is 2.74. The van der Waals surface area contributed by atoms with Crippen LogP contribution in [0.2, 0.25) is 0 Å². The van der Waals surface area contributed by atoms with Gasteiger partial charge >= 0.3 is 0 Å². The molecule has 24 heavy (non-hydrogen) atoms. The number of nitrogens with zero attached hydrogens (tertiary/aromatic N) is 1. The van der Waals surface area contributed by atoms with Crippen molar-refractivity contribution in [3.05, 3.63) is 23.5 Å². The predicted molar refractivity (Wildman–Crippen MR) is 89.5 cm³/mol. The molecule has 1 saturated carbocycles. The van der Waals surface area contributed by atoms with Gasteiger partial charge in [0, 0.05) is 18.7 Å². The number of anilines is 1. The zero-order valence-electron chi connectivity index (χ0n) is 14.1. The Morgan fingerprint density at radius 3 is 2.83 bits per heavy atom. The second-order valence-electron chi connectivity index (χ2n) is 7.03. The molecule has 6 nitrogen and oxygen atoms in total. The molecule has 0 spiro atoms. The number of alkyl halides is 1. The van der Waals surface area contributed by atoms with Gasteiger partial charge in [0.15, 0.2) is 0 Å². The average molecular weight is 339 g/mol. The molecule has 1 heterocycles. The Hall–Kier alpha value is -1.73. The lowest BCUT2D eigenvalue weighted by molar-refractivity contribution is -0.00307. The van der Waals surface area contributed by atoms with Crippen molar-refractivity contribution in [2.45, 2.75) is 69.9 Å². The largest absolute Gasteiger partial charge is 0.393 e. The van der Waals surface area contributed by atoms with Crippen molar-refractivity contribution in [1.82, 2.24) is 4.98 Å². The van der Waals surface area contributed by atoms with Crippen LogP contribution in [0.1, 0.15) is 55.6 Å². The third kappa shape index (κ3) is 4.64. The van der Waals surface area contributed by atoms with Crippen molar-refractivity contribution in [1.29, 1.82) is 0 Å². The van der Waals surface area contributed by atoms with Gasteiger partial charge < -0.3 is 21.3 Å². The van der Waals surface area contributed by atoms with Crippen molar-refractivity contribution in [2.75, 3.05) is 5.32 Å². The molecule has 1 unspecified atom stereocenters. The molecule has 2 rings (SSSR count). The zero-order chi connectivity index (χ0) is 17.9. The van der Waals surface area contributed by atoms with Crippen LogP contribution in [0.5, 0.6) is 0 Å². The Morgan fingerprint density at radius 2 is 2.25 bits per heavy atom. The number of hydrogen-bond donors (Lipinski definition) is 4. The first-order valence-corrected chi connectivity index (χ1v) is 8.27. The molecule has 0 aliphatic heterocycles. The van der Waals surface area contributed by atoms with E-state index in [1.165, 1.54) is 20.0 Å². The van der Waals surface area contributed by atoms with E-state index < -0.39 is 17.7 Å². The first-order chi connectivity index (χ1) is 11.2. The van der Waals surface area contributed by atoms with Gasteiger partial charge in [0.05, 0.1) is 28.6 Å². The molecule has 0 bridgehead atoms. The highest BCUT2D eigenvalue weighted by molar-refractivity contribution is 5.99. The van der Waals surface area contributed by atoms with Crippen LogP contribution in [0.4, 0.5) is 10.1 Å². The highest BCUT2D eigenvalue weighted by Gasteiger charge is 2.30. The first kappa shape index (κ1) is 18.6. The third-order valence-electron chi connectivity index (χ3n) is 4.42. The number of primary amides is 1. The maximum Gasteiger partial charge on any atom is 0.252 e. The number of aliphatic hydroxyl groups is 2. The van der Waals surface area contributed by atoms with Crippen molar-refractivity contribution in [3.63, 3.8) is 0 Å². The van der Waals surface area contributed by atoms with Gasteiger partial charge in [-0.15, -0.1) is 0 Å². The fourth-order valence-corrected chi connectivity index (χ4v) is 2.99. The highest BCUT2D eigenvalue weighted by Crippen LogP contribution is 2.27. The zero-order valence-corrected chi connectivity index (χ0v) is 14.1. The lowest BCUT2D eigenvalue weighted by Crippen LogP contribution is -2.35. The summed E-state index contributed by atoms with van der Waals surface area (Å²) in [6.07, 6.45) is 2.49. The van der Waals surface area contributed by atoms with Crippen LogP contribution in [-0.2, 0) is 6.42 Å². The standard InChI is InChI=1S/C17H26FN3O3/c1-17(2,24)14(18)9-13-15(16(19)23)12(6-7-20-13)21-10-4-3-5-11(22)8-10/h6-7,10-11,14,22,24H,3-5,8-9H2,1-2H3,(H2,19,23)(H,20,21)/t10-,11+,14?/m0/s1. The maximum absolute atomic E-state index is 14.2. The highest BCUT2D eigenvalue weighted by atomic mass is 19.1. The molecule has 1 aromatic heterocycles. The van der Waals surface area contributed by atoms with Gasteiger partial charge in [-0.25, -0.2) is 4.39 Å². The van der Waals surface area contributed by atoms with Crippen LogP contribution < -0.4 is 11.1 Å². The van der Waals surface area contributed by atoms with E-state index in [1.54, 1.807) is 6.07 Å². The number of nitrogens with one attached hydrogen (secondary N) is 1. The lowest BCUT2D eigenvalue weighted by Gasteiger charge is -2.28. The summed E-state index contributed by atoms with van der Waals surface area (Å²) < 4.78 is 14.2. The molecule has 1 aliphatic rings. The van der Waals surface area contributed by atoms with Gasteiger partial charge in [-0.2, -0.15) is 0 Å². The van der Waals surface area contributed by atoms with E-state index in [0.29, 0.717) is 12.1 Å². The Kier molecular flexibility index (Phi) is 5.77. The smallest absolute Gasteiger partial charge is 0.252 e. The van der Waals surface area contributed by atoms with Crippen molar-refractivity contribution in [3.8, 4) is 0 Å². The SMILES string of the molecule is CC(C)(O)C(F)Cc1nccc(N[C@H]2CCC[C@@H](O)C2)c1C(N)=O. The van der Waals surface area contributed by atoms with Gasteiger partial charge in [-0.1, -0.05) is 0 Å². The molecule has 0 saturated heterocycles. The molecule has 1 aromatic rings. The number of carbonyl (C=O) groups is 1. The number of aromatic nitrogens is 1. The van der Waals surface area contributed by atoms with Crippen molar-refractivity contribution >= 4 is 11.6 Å². The molecular weight excluding hydrogens is 313 g/mol. The van der Waals surface area contributed by atoms with Crippen LogP contribution in [0.15, 0.2) is 12.3 Å². The average Bonchev–Trinajstić information content (AvgIpc) is 2.46. The summed E-state index contributed by atoms with van der Waals surface area (Å²) in [7, 11) is 0. The van der Waals surface area contributed by atoms with E-state index in [2.05, 4.69) is 10.3 Å². The summed E-state index contributed by atoms with van der Waals surface area (Å²) in [5, 5.41) is 22.8. The van der Waals surface area contributed by atoms with E-state index in [4.69, 9.17) is 5.73 Å². The number of nitrogens with two attached hydrogens (primary N) is 1. The lowest BCUT2D eigenvalue weighted by atomic mass is 9.92. The minimum atomic E-state index is -1.57. The normalized spacial score (nSPS) is 22.9.